The molecule has 328 valence electrons. The van der Waals surface area contributed by atoms with Gasteiger partial charge in [-0.1, -0.05) is 43.5 Å². The van der Waals surface area contributed by atoms with Crippen molar-refractivity contribution in [2.45, 2.75) is 115 Å². The summed E-state index contributed by atoms with van der Waals surface area (Å²) in [6, 6.07) is 11.2. The maximum atomic E-state index is 15.0. The van der Waals surface area contributed by atoms with Gasteiger partial charge in [-0.3, -0.25) is 24.1 Å². The maximum absolute atomic E-state index is 15.0. The molecule has 2 saturated carbocycles. The fourth-order valence-electron chi connectivity index (χ4n) is 10.2. The Morgan fingerprint density at radius 1 is 0.902 bits per heavy atom. The quantitative estimate of drug-likeness (QED) is 0.291. The highest BCUT2D eigenvalue weighted by Crippen LogP contribution is 2.42. The van der Waals surface area contributed by atoms with Gasteiger partial charge in [-0.15, -0.1) is 0 Å². The fourth-order valence-corrected chi connectivity index (χ4v) is 10.2. The number of halogens is 1. The highest BCUT2D eigenvalue weighted by Gasteiger charge is 2.50. The number of amides is 4. The molecule has 4 heterocycles. The number of alkyl carbamates (subject to hydrolysis) is 1. The van der Waals surface area contributed by atoms with Crippen LogP contribution in [0.2, 0.25) is 0 Å². The van der Waals surface area contributed by atoms with Crippen molar-refractivity contribution in [1.29, 1.82) is 0 Å². The summed E-state index contributed by atoms with van der Waals surface area (Å²) in [4.78, 5) is 73.6. The molecule has 2 aromatic carbocycles. The molecular weight excluding hydrogens is 782 g/mol. The molecule has 2 bridgehead atoms. The van der Waals surface area contributed by atoms with Gasteiger partial charge in [-0.25, -0.2) is 14.3 Å². The minimum atomic E-state index is -0.642. The van der Waals surface area contributed by atoms with E-state index in [0.717, 1.165) is 70.9 Å². The topological polar surface area (TPSA) is 157 Å². The highest BCUT2D eigenvalue weighted by atomic mass is 19.1. The van der Waals surface area contributed by atoms with E-state index < -0.39 is 29.5 Å². The van der Waals surface area contributed by atoms with Crippen LogP contribution in [-0.4, -0.2) is 136 Å². The molecule has 3 unspecified atom stereocenters. The minimum absolute atomic E-state index is 0.0148. The van der Waals surface area contributed by atoms with E-state index in [2.05, 4.69) is 20.4 Å². The summed E-state index contributed by atoms with van der Waals surface area (Å²) in [5.74, 6) is -0.598. The zero-order valence-corrected chi connectivity index (χ0v) is 35.7. The van der Waals surface area contributed by atoms with Gasteiger partial charge in [-0.2, -0.15) is 5.10 Å². The fraction of sp³-hybridized carbons (Fsp3) is 0.609. The van der Waals surface area contributed by atoms with Crippen molar-refractivity contribution < 1.29 is 33.0 Å². The molecule has 3 aliphatic heterocycles. The van der Waals surface area contributed by atoms with Gasteiger partial charge in [0.2, 0.25) is 11.8 Å². The normalized spacial score (nSPS) is 23.3. The number of likely N-dealkylation sites (tertiary alicyclic amines) is 2. The van der Waals surface area contributed by atoms with Gasteiger partial charge in [-0.05, 0) is 89.0 Å². The number of nitrogens with one attached hydrogen (secondary N) is 2. The standard InChI is InChI=1S/C46H60FN7O7/c1-46(2,3)61-45(59)48-41(30-9-5-4-6-10-30)44(58)54-27-31-25-32(54)26-39(31)60-33-15-17-51(18-16-33)28-40(55)52-19-21-53(22-20-52)43(57)36-23-29(13-14-37(36)47)24-38-34-11-7-8-12-35(34)42(56)50-49-38/h7-8,11-14,23,30-33,39,41H,4-6,9-10,15-22,24-28H2,1-3H3,(H,48,59)(H,50,56)/t31?,32?,39?,41-/m1/s1. The third kappa shape index (κ3) is 9.93. The van der Waals surface area contributed by atoms with E-state index in [-0.39, 0.29) is 53.0 Å². The van der Waals surface area contributed by atoms with Crippen LogP contribution in [0, 0.1) is 17.7 Å². The molecule has 4 atom stereocenters. The van der Waals surface area contributed by atoms with Crippen molar-refractivity contribution in [2.24, 2.45) is 11.8 Å². The molecule has 2 aliphatic carbocycles. The van der Waals surface area contributed by atoms with E-state index >= 15 is 4.39 Å². The second kappa shape index (κ2) is 18.2. The average Bonchev–Trinajstić information content (AvgIpc) is 3.86. The summed E-state index contributed by atoms with van der Waals surface area (Å²) in [5.41, 5.74) is 0.371. The number of aromatic amines is 1. The number of piperidine rings is 2. The number of hydrogen-bond donors (Lipinski definition) is 2. The van der Waals surface area contributed by atoms with E-state index in [0.29, 0.717) is 67.7 Å². The lowest BCUT2D eigenvalue weighted by atomic mass is 9.83. The number of piperazine rings is 1. The molecular formula is C46H60FN7O7. The van der Waals surface area contributed by atoms with Crippen molar-refractivity contribution in [1.82, 2.24) is 35.1 Å². The number of H-pyrrole nitrogens is 1. The lowest BCUT2D eigenvalue weighted by Gasteiger charge is -2.39. The Kier molecular flexibility index (Phi) is 12.8. The number of fused-ring (bicyclic) bond motifs is 3. The summed E-state index contributed by atoms with van der Waals surface area (Å²) in [6.45, 7) is 9.31. The number of ether oxygens (including phenoxy) is 2. The van der Waals surface area contributed by atoms with Gasteiger partial charge < -0.3 is 29.5 Å². The first kappa shape index (κ1) is 42.8. The van der Waals surface area contributed by atoms with Crippen LogP contribution in [0.15, 0.2) is 47.3 Å². The van der Waals surface area contributed by atoms with Gasteiger partial charge in [0.25, 0.3) is 11.5 Å². The highest BCUT2D eigenvalue weighted by molar-refractivity contribution is 5.95. The molecule has 0 radical (unpaired) electrons. The molecule has 15 heteroatoms. The molecule has 5 aliphatic rings. The second-order valence-electron chi connectivity index (χ2n) is 18.8. The van der Waals surface area contributed by atoms with Gasteiger partial charge >= 0.3 is 6.09 Å². The summed E-state index contributed by atoms with van der Waals surface area (Å²) in [5, 5.41) is 10.9. The van der Waals surface area contributed by atoms with E-state index in [9.17, 15) is 24.0 Å². The predicted octanol–water partition coefficient (Wildman–Crippen LogP) is 4.88. The molecule has 3 saturated heterocycles. The predicted molar refractivity (Wildman–Crippen MR) is 226 cm³/mol. The second-order valence-corrected chi connectivity index (χ2v) is 18.8. The Bertz CT molecular complexity index is 2150. The van der Waals surface area contributed by atoms with Gasteiger partial charge in [0.05, 0.1) is 35.4 Å². The van der Waals surface area contributed by atoms with Crippen molar-refractivity contribution in [3.05, 3.63) is 75.5 Å². The Balaban J connectivity index is 0.771. The van der Waals surface area contributed by atoms with Gasteiger partial charge in [0.1, 0.15) is 17.5 Å². The van der Waals surface area contributed by atoms with Crippen LogP contribution in [0.4, 0.5) is 9.18 Å². The van der Waals surface area contributed by atoms with Crippen LogP contribution >= 0.6 is 0 Å². The molecule has 0 spiro atoms. The Morgan fingerprint density at radius 2 is 1.61 bits per heavy atom. The van der Waals surface area contributed by atoms with Crippen LogP contribution in [0.5, 0.6) is 0 Å². The molecule has 5 fully saturated rings. The zero-order chi connectivity index (χ0) is 42.8. The van der Waals surface area contributed by atoms with Crippen molar-refractivity contribution in [3.8, 4) is 0 Å². The van der Waals surface area contributed by atoms with Crippen molar-refractivity contribution in [2.75, 3.05) is 52.4 Å². The number of carbonyl (C=O) groups excluding carboxylic acids is 4. The summed E-state index contributed by atoms with van der Waals surface area (Å²) < 4.78 is 27.3. The van der Waals surface area contributed by atoms with E-state index in [4.69, 9.17) is 9.47 Å². The summed E-state index contributed by atoms with van der Waals surface area (Å²) in [7, 11) is 0. The van der Waals surface area contributed by atoms with Crippen LogP contribution in [0.3, 0.4) is 0 Å². The summed E-state index contributed by atoms with van der Waals surface area (Å²) in [6.07, 6.45) is 8.51. The Labute approximate surface area is 356 Å². The first-order valence-electron chi connectivity index (χ1n) is 22.3. The van der Waals surface area contributed by atoms with Crippen LogP contribution in [0.1, 0.15) is 100 Å². The number of aromatic nitrogens is 2. The summed E-state index contributed by atoms with van der Waals surface area (Å²) >= 11 is 0. The number of hydrogen-bond acceptors (Lipinski definition) is 9. The lowest BCUT2D eigenvalue weighted by Crippen LogP contribution is -2.56. The number of carbonyl (C=O) groups is 4. The Hall–Kier alpha value is -4.89. The van der Waals surface area contributed by atoms with E-state index in [1.54, 1.807) is 34.1 Å². The first-order chi connectivity index (χ1) is 29.3. The molecule has 3 aromatic rings. The lowest BCUT2D eigenvalue weighted by molar-refractivity contribution is -0.140. The molecule has 2 N–H and O–H groups in total. The zero-order valence-electron chi connectivity index (χ0n) is 35.7. The minimum Gasteiger partial charge on any atom is -0.444 e. The number of benzene rings is 2. The van der Waals surface area contributed by atoms with Crippen LogP contribution in [-0.2, 0) is 25.5 Å². The SMILES string of the molecule is CC(C)(C)OC(=O)N[C@@H](C(=O)N1CC2CC1CC2OC1CCN(CC(=O)N2CCN(C(=O)c3cc(Cc4n[nH]c(=O)c5ccccc45)ccc3F)CC2)CC1)C1CCCCC1. The smallest absolute Gasteiger partial charge is 0.408 e. The van der Waals surface area contributed by atoms with Crippen molar-refractivity contribution >= 4 is 34.6 Å². The van der Waals surface area contributed by atoms with Gasteiger partial charge in [0.15, 0.2) is 0 Å². The Morgan fingerprint density at radius 3 is 2.30 bits per heavy atom. The van der Waals surface area contributed by atoms with Crippen LogP contribution in [0.25, 0.3) is 10.8 Å². The van der Waals surface area contributed by atoms with E-state index in [1.807, 2.05) is 37.8 Å². The average molecular weight is 842 g/mol. The first-order valence-corrected chi connectivity index (χ1v) is 22.3. The number of nitrogens with zero attached hydrogens (tertiary/aromatic N) is 5. The molecule has 14 nitrogen and oxygen atoms in total. The molecule has 61 heavy (non-hydrogen) atoms. The molecule has 4 amide bonds. The third-order valence-corrected chi connectivity index (χ3v) is 13.4. The van der Waals surface area contributed by atoms with Crippen molar-refractivity contribution in [3.63, 3.8) is 0 Å². The molecule has 1 aromatic heterocycles. The van der Waals surface area contributed by atoms with E-state index in [1.165, 1.54) is 6.07 Å². The largest absolute Gasteiger partial charge is 0.444 e. The maximum Gasteiger partial charge on any atom is 0.408 e. The monoisotopic (exact) mass is 841 g/mol. The van der Waals surface area contributed by atoms with Gasteiger partial charge in [0, 0.05) is 69.6 Å². The third-order valence-electron chi connectivity index (χ3n) is 13.4. The number of rotatable bonds is 10. The molecule has 8 rings (SSSR count). The van der Waals surface area contributed by atoms with Crippen LogP contribution < -0.4 is 10.9 Å².